The molecule has 0 aromatic carbocycles. The van der Waals surface area contributed by atoms with Crippen LogP contribution in [0, 0.1) is 0 Å². The van der Waals surface area contributed by atoms with E-state index in [4.69, 9.17) is 0 Å². The molecular formula is C10H18N2O. The summed E-state index contributed by atoms with van der Waals surface area (Å²) < 4.78 is 1.55. The van der Waals surface area contributed by atoms with Crippen LogP contribution in [0.25, 0.3) is 0 Å². The third-order valence-electron chi connectivity index (χ3n) is 2.21. The lowest BCUT2D eigenvalue weighted by Crippen LogP contribution is -1.96. The highest BCUT2D eigenvalue weighted by atomic mass is 16.3. The molecule has 0 unspecified atom stereocenters. The van der Waals surface area contributed by atoms with Crippen molar-refractivity contribution in [1.29, 1.82) is 0 Å². The van der Waals surface area contributed by atoms with Gasteiger partial charge in [0.1, 0.15) is 0 Å². The smallest absolute Gasteiger partial charge is 0.212 e. The summed E-state index contributed by atoms with van der Waals surface area (Å²) in [5.41, 5.74) is 1.99. The topological polar surface area (TPSA) is 38.0 Å². The molecule has 74 valence electrons. The third kappa shape index (κ3) is 1.69. The zero-order valence-electron chi connectivity index (χ0n) is 9.00. The first kappa shape index (κ1) is 10.1. The Kier molecular flexibility index (Phi) is 2.64. The summed E-state index contributed by atoms with van der Waals surface area (Å²) in [5, 5.41) is 14.0. The Balaban J connectivity index is 3.27. The first-order chi connectivity index (χ1) is 5.95. The summed E-state index contributed by atoms with van der Waals surface area (Å²) in [6.07, 6.45) is 0. The van der Waals surface area contributed by atoms with Gasteiger partial charge in [-0.05, 0) is 11.8 Å². The second-order valence-corrected chi connectivity index (χ2v) is 4.06. The van der Waals surface area contributed by atoms with Crippen LogP contribution in [-0.2, 0) is 7.05 Å². The molecule has 0 bridgehead atoms. The van der Waals surface area contributed by atoms with E-state index in [-0.39, 0.29) is 0 Å². The van der Waals surface area contributed by atoms with Gasteiger partial charge >= 0.3 is 0 Å². The SMILES string of the molecule is CC(C)c1nn(C)c(O)c1C(C)C. The van der Waals surface area contributed by atoms with Crippen LogP contribution in [0.15, 0.2) is 0 Å². The largest absolute Gasteiger partial charge is 0.493 e. The maximum Gasteiger partial charge on any atom is 0.212 e. The van der Waals surface area contributed by atoms with E-state index in [1.807, 2.05) is 0 Å². The van der Waals surface area contributed by atoms with Gasteiger partial charge in [-0.2, -0.15) is 5.10 Å². The van der Waals surface area contributed by atoms with Crippen molar-refractivity contribution in [3.63, 3.8) is 0 Å². The van der Waals surface area contributed by atoms with Crippen LogP contribution in [0.1, 0.15) is 50.8 Å². The van der Waals surface area contributed by atoms with E-state index in [0.29, 0.717) is 17.7 Å². The van der Waals surface area contributed by atoms with Gasteiger partial charge in [-0.15, -0.1) is 0 Å². The molecule has 1 N–H and O–H groups in total. The van der Waals surface area contributed by atoms with Crippen LogP contribution in [0.4, 0.5) is 0 Å². The molecule has 3 nitrogen and oxygen atoms in total. The fraction of sp³-hybridized carbons (Fsp3) is 0.700. The highest BCUT2D eigenvalue weighted by Gasteiger charge is 2.19. The Bertz CT molecular complexity index is 300. The van der Waals surface area contributed by atoms with Crippen LogP contribution >= 0.6 is 0 Å². The molecule has 0 aliphatic rings. The number of nitrogens with zero attached hydrogens (tertiary/aromatic N) is 2. The molecule has 0 radical (unpaired) electrons. The van der Waals surface area contributed by atoms with Gasteiger partial charge in [0.15, 0.2) is 0 Å². The predicted molar refractivity (Wildman–Crippen MR) is 53.1 cm³/mol. The highest BCUT2D eigenvalue weighted by molar-refractivity contribution is 5.35. The zero-order valence-corrected chi connectivity index (χ0v) is 9.00. The molecule has 13 heavy (non-hydrogen) atoms. The Morgan fingerprint density at radius 1 is 1.15 bits per heavy atom. The van der Waals surface area contributed by atoms with Crippen molar-refractivity contribution in [2.75, 3.05) is 0 Å². The van der Waals surface area contributed by atoms with Crippen LogP contribution < -0.4 is 0 Å². The maximum absolute atomic E-state index is 9.74. The Morgan fingerprint density at radius 3 is 2.00 bits per heavy atom. The first-order valence-corrected chi connectivity index (χ1v) is 4.70. The lowest BCUT2D eigenvalue weighted by molar-refractivity contribution is 0.412. The number of rotatable bonds is 2. The van der Waals surface area contributed by atoms with Gasteiger partial charge in [-0.1, -0.05) is 27.7 Å². The van der Waals surface area contributed by atoms with Crippen molar-refractivity contribution >= 4 is 0 Å². The van der Waals surface area contributed by atoms with Crippen molar-refractivity contribution in [3.8, 4) is 5.88 Å². The second kappa shape index (κ2) is 3.40. The molecule has 1 aromatic heterocycles. The molecule has 0 aliphatic carbocycles. The van der Waals surface area contributed by atoms with Crippen LogP contribution in [0.3, 0.4) is 0 Å². The summed E-state index contributed by atoms with van der Waals surface area (Å²) in [7, 11) is 1.77. The molecule has 1 heterocycles. The standard InChI is InChI=1S/C10H18N2O/c1-6(2)8-9(7(3)4)11-12(5)10(8)13/h6-7,13H,1-5H3. The Hall–Kier alpha value is -0.990. The van der Waals surface area contributed by atoms with Gasteiger partial charge in [0, 0.05) is 12.6 Å². The summed E-state index contributed by atoms with van der Waals surface area (Å²) in [6, 6.07) is 0. The summed E-state index contributed by atoms with van der Waals surface area (Å²) in [6.45, 7) is 8.33. The second-order valence-electron chi connectivity index (χ2n) is 4.06. The summed E-state index contributed by atoms with van der Waals surface area (Å²) >= 11 is 0. The molecule has 0 aliphatic heterocycles. The monoisotopic (exact) mass is 182 g/mol. The Morgan fingerprint density at radius 2 is 1.69 bits per heavy atom. The fourth-order valence-corrected chi connectivity index (χ4v) is 1.53. The van der Waals surface area contributed by atoms with E-state index in [1.165, 1.54) is 0 Å². The van der Waals surface area contributed by atoms with E-state index in [2.05, 4.69) is 32.8 Å². The number of aromatic hydroxyl groups is 1. The van der Waals surface area contributed by atoms with Gasteiger partial charge in [-0.3, -0.25) is 0 Å². The van der Waals surface area contributed by atoms with Gasteiger partial charge in [-0.25, -0.2) is 4.68 Å². The summed E-state index contributed by atoms with van der Waals surface area (Å²) in [5.74, 6) is 0.995. The van der Waals surface area contributed by atoms with Crippen molar-refractivity contribution in [3.05, 3.63) is 11.3 Å². The quantitative estimate of drug-likeness (QED) is 0.762. The third-order valence-corrected chi connectivity index (χ3v) is 2.21. The Labute approximate surface area is 79.4 Å². The molecule has 0 fully saturated rings. The van der Waals surface area contributed by atoms with Crippen LogP contribution in [0.5, 0.6) is 5.88 Å². The van der Waals surface area contributed by atoms with E-state index in [1.54, 1.807) is 11.7 Å². The lowest BCUT2D eigenvalue weighted by atomic mass is 9.97. The molecule has 1 aromatic rings. The molecule has 0 atom stereocenters. The molecule has 0 saturated heterocycles. The number of hydrogen-bond donors (Lipinski definition) is 1. The minimum absolute atomic E-state index is 0.304. The number of aryl methyl sites for hydroxylation is 1. The van der Waals surface area contributed by atoms with E-state index in [9.17, 15) is 5.11 Å². The first-order valence-electron chi connectivity index (χ1n) is 4.70. The van der Waals surface area contributed by atoms with Crippen molar-refractivity contribution in [2.24, 2.45) is 7.05 Å². The minimum atomic E-state index is 0.304. The van der Waals surface area contributed by atoms with Crippen molar-refractivity contribution < 1.29 is 5.11 Å². The average molecular weight is 182 g/mol. The summed E-state index contributed by atoms with van der Waals surface area (Å²) in [4.78, 5) is 0. The predicted octanol–water partition coefficient (Wildman–Crippen LogP) is 2.37. The molecule has 0 saturated carbocycles. The molecule has 0 amide bonds. The fourth-order valence-electron chi connectivity index (χ4n) is 1.53. The minimum Gasteiger partial charge on any atom is -0.493 e. The molecule has 3 heteroatoms. The van der Waals surface area contributed by atoms with Crippen molar-refractivity contribution in [2.45, 2.75) is 39.5 Å². The van der Waals surface area contributed by atoms with Gasteiger partial charge in [0.2, 0.25) is 5.88 Å². The highest BCUT2D eigenvalue weighted by Crippen LogP contribution is 2.32. The molecule has 0 spiro atoms. The van der Waals surface area contributed by atoms with E-state index >= 15 is 0 Å². The van der Waals surface area contributed by atoms with E-state index < -0.39 is 0 Å². The average Bonchev–Trinajstić information content (AvgIpc) is 2.28. The lowest BCUT2D eigenvalue weighted by Gasteiger charge is -2.07. The van der Waals surface area contributed by atoms with Gasteiger partial charge in [0.05, 0.1) is 5.69 Å². The van der Waals surface area contributed by atoms with Crippen LogP contribution in [-0.4, -0.2) is 14.9 Å². The van der Waals surface area contributed by atoms with Gasteiger partial charge in [0.25, 0.3) is 0 Å². The molecular weight excluding hydrogens is 164 g/mol. The number of aromatic nitrogens is 2. The van der Waals surface area contributed by atoms with Gasteiger partial charge < -0.3 is 5.11 Å². The number of hydrogen-bond acceptors (Lipinski definition) is 2. The van der Waals surface area contributed by atoms with Crippen molar-refractivity contribution in [1.82, 2.24) is 9.78 Å². The zero-order chi connectivity index (χ0) is 10.2. The normalized spacial score (nSPS) is 11.6. The maximum atomic E-state index is 9.74. The van der Waals surface area contributed by atoms with E-state index in [0.717, 1.165) is 11.3 Å². The molecule has 1 rings (SSSR count). The van der Waals surface area contributed by atoms with Crippen LogP contribution in [0.2, 0.25) is 0 Å².